The second kappa shape index (κ2) is 8.24. The minimum Gasteiger partial charge on any atom is -0.392 e. The van der Waals surface area contributed by atoms with Crippen LogP contribution in [0.1, 0.15) is 24.5 Å². The Labute approximate surface area is 138 Å². The van der Waals surface area contributed by atoms with Crippen LogP contribution in [0.4, 0.5) is 0 Å². The van der Waals surface area contributed by atoms with E-state index in [0.717, 1.165) is 11.1 Å². The SMILES string of the molecule is CCC(O)CN(Cc1ccccc1)S(=O)(=O)Cc1ccccc1. The van der Waals surface area contributed by atoms with E-state index in [1.807, 2.05) is 55.5 Å². The third kappa shape index (κ3) is 5.46. The van der Waals surface area contributed by atoms with Crippen molar-refractivity contribution in [1.29, 1.82) is 0 Å². The van der Waals surface area contributed by atoms with Crippen LogP contribution < -0.4 is 0 Å². The molecule has 0 aliphatic rings. The number of nitrogens with zero attached hydrogens (tertiary/aromatic N) is 1. The second-order valence-corrected chi connectivity index (χ2v) is 7.55. The highest BCUT2D eigenvalue weighted by Crippen LogP contribution is 2.16. The number of sulfonamides is 1. The van der Waals surface area contributed by atoms with E-state index >= 15 is 0 Å². The third-order valence-electron chi connectivity index (χ3n) is 3.67. The van der Waals surface area contributed by atoms with Gasteiger partial charge < -0.3 is 5.11 Å². The summed E-state index contributed by atoms with van der Waals surface area (Å²) in [5.41, 5.74) is 1.66. The molecule has 2 rings (SSSR count). The van der Waals surface area contributed by atoms with Gasteiger partial charge in [0.25, 0.3) is 0 Å². The molecule has 0 fully saturated rings. The highest BCUT2D eigenvalue weighted by atomic mass is 32.2. The number of benzene rings is 2. The Hall–Kier alpha value is -1.69. The Morgan fingerprint density at radius 3 is 2.00 bits per heavy atom. The fourth-order valence-corrected chi connectivity index (χ4v) is 3.85. The topological polar surface area (TPSA) is 57.6 Å². The van der Waals surface area contributed by atoms with Gasteiger partial charge in [0.05, 0.1) is 11.9 Å². The molecular weight excluding hydrogens is 310 g/mol. The van der Waals surface area contributed by atoms with Gasteiger partial charge in [0.2, 0.25) is 10.0 Å². The smallest absolute Gasteiger partial charge is 0.218 e. The lowest BCUT2D eigenvalue weighted by atomic mass is 10.2. The van der Waals surface area contributed by atoms with Gasteiger partial charge in [-0.1, -0.05) is 67.6 Å². The standard InChI is InChI=1S/C18H23NO3S/c1-2-18(20)14-19(13-16-9-5-3-6-10-16)23(21,22)15-17-11-7-4-8-12-17/h3-12,18,20H,2,13-15H2,1H3. The van der Waals surface area contributed by atoms with Crippen molar-refractivity contribution in [3.63, 3.8) is 0 Å². The first-order chi connectivity index (χ1) is 11.0. The molecule has 1 N–H and O–H groups in total. The molecule has 2 aromatic rings. The number of aliphatic hydroxyl groups excluding tert-OH is 1. The van der Waals surface area contributed by atoms with E-state index in [1.165, 1.54) is 4.31 Å². The van der Waals surface area contributed by atoms with E-state index in [2.05, 4.69) is 0 Å². The fraction of sp³-hybridized carbons (Fsp3) is 0.333. The van der Waals surface area contributed by atoms with Gasteiger partial charge in [-0.25, -0.2) is 8.42 Å². The van der Waals surface area contributed by atoms with Crippen LogP contribution >= 0.6 is 0 Å². The Morgan fingerprint density at radius 1 is 0.957 bits per heavy atom. The number of aliphatic hydroxyl groups is 1. The molecule has 23 heavy (non-hydrogen) atoms. The van der Waals surface area contributed by atoms with E-state index in [1.54, 1.807) is 12.1 Å². The van der Waals surface area contributed by atoms with Crippen molar-refractivity contribution in [2.45, 2.75) is 31.7 Å². The van der Waals surface area contributed by atoms with E-state index in [0.29, 0.717) is 6.42 Å². The lowest BCUT2D eigenvalue weighted by Gasteiger charge is -2.24. The first-order valence-corrected chi connectivity index (χ1v) is 9.36. The summed E-state index contributed by atoms with van der Waals surface area (Å²) in [6, 6.07) is 18.6. The summed E-state index contributed by atoms with van der Waals surface area (Å²) in [7, 11) is -3.51. The van der Waals surface area contributed by atoms with Gasteiger partial charge in [-0.05, 0) is 17.5 Å². The van der Waals surface area contributed by atoms with Gasteiger partial charge in [-0.2, -0.15) is 4.31 Å². The first-order valence-electron chi connectivity index (χ1n) is 7.75. The van der Waals surface area contributed by atoms with E-state index in [4.69, 9.17) is 0 Å². The average Bonchev–Trinajstić information content (AvgIpc) is 2.55. The maximum absolute atomic E-state index is 12.8. The molecule has 0 radical (unpaired) electrons. The van der Waals surface area contributed by atoms with E-state index in [-0.39, 0.29) is 18.8 Å². The number of hydrogen-bond acceptors (Lipinski definition) is 3. The molecule has 0 aliphatic heterocycles. The molecule has 5 heteroatoms. The largest absolute Gasteiger partial charge is 0.392 e. The molecule has 1 atom stereocenters. The van der Waals surface area contributed by atoms with Crippen LogP contribution in [0.25, 0.3) is 0 Å². The molecule has 0 saturated carbocycles. The summed E-state index contributed by atoms with van der Waals surface area (Å²) >= 11 is 0. The summed E-state index contributed by atoms with van der Waals surface area (Å²) in [6.45, 7) is 2.23. The van der Waals surface area contributed by atoms with Crippen LogP contribution in [-0.2, 0) is 22.3 Å². The van der Waals surface area contributed by atoms with Crippen molar-refractivity contribution in [1.82, 2.24) is 4.31 Å². The molecule has 0 bridgehead atoms. The van der Waals surface area contributed by atoms with Gasteiger partial charge in [0.1, 0.15) is 0 Å². The Balaban J connectivity index is 2.20. The number of rotatable bonds is 8. The molecule has 0 aromatic heterocycles. The molecule has 0 saturated heterocycles. The molecule has 1 unspecified atom stereocenters. The predicted octanol–water partition coefficient (Wildman–Crippen LogP) is 2.79. The average molecular weight is 333 g/mol. The quantitative estimate of drug-likeness (QED) is 0.808. The minimum absolute atomic E-state index is 0.0584. The molecule has 0 aliphatic carbocycles. The van der Waals surface area contributed by atoms with Crippen LogP contribution in [-0.4, -0.2) is 30.5 Å². The van der Waals surface area contributed by atoms with Gasteiger partial charge in [0.15, 0.2) is 0 Å². The van der Waals surface area contributed by atoms with Gasteiger partial charge >= 0.3 is 0 Å². The lowest BCUT2D eigenvalue weighted by Crippen LogP contribution is -2.37. The highest BCUT2D eigenvalue weighted by Gasteiger charge is 2.24. The zero-order chi connectivity index (χ0) is 16.7. The van der Waals surface area contributed by atoms with Crippen molar-refractivity contribution in [2.24, 2.45) is 0 Å². The minimum atomic E-state index is -3.51. The van der Waals surface area contributed by atoms with Crippen molar-refractivity contribution < 1.29 is 13.5 Å². The maximum Gasteiger partial charge on any atom is 0.218 e. The van der Waals surface area contributed by atoms with Gasteiger partial charge in [0, 0.05) is 13.1 Å². The second-order valence-electron chi connectivity index (χ2n) is 5.58. The van der Waals surface area contributed by atoms with Gasteiger partial charge in [-0.3, -0.25) is 0 Å². The van der Waals surface area contributed by atoms with Crippen molar-refractivity contribution >= 4 is 10.0 Å². The van der Waals surface area contributed by atoms with Crippen molar-refractivity contribution in [3.05, 3.63) is 71.8 Å². The molecule has 4 nitrogen and oxygen atoms in total. The molecule has 2 aromatic carbocycles. The summed E-state index contributed by atoms with van der Waals surface area (Å²) in [6.07, 6.45) is -0.143. The summed E-state index contributed by atoms with van der Waals surface area (Å²) < 4.78 is 26.9. The zero-order valence-electron chi connectivity index (χ0n) is 13.3. The monoisotopic (exact) mass is 333 g/mol. The van der Waals surface area contributed by atoms with Crippen LogP contribution in [0.2, 0.25) is 0 Å². The van der Waals surface area contributed by atoms with E-state index < -0.39 is 16.1 Å². The molecule has 0 spiro atoms. The van der Waals surface area contributed by atoms with E-state index in [9.17, 15) is 13.5 Å². The van der Waals surface area contributed by atoms with Crippen LogP contribution in [0.5, 0.6) is 0 Å². The van der Waals surface area contributed by atoms with Crippen molar-refractivity contribution in [2.75, 3.05) is 6.54 Å². The van der Waals surface area contributed by atoms with Crippen LogP contribution in [0.3, 0.4) is 0 Å². The Kier molecular flexibility index (Phi) is 6.33. The summed E-state index contributed by atoms with van der Waals surface area (Å²) in [5, 5.41) is 9.93. The first kappa shape index (κ1) is 17.7. The molecule has 0 heterocycles. The van der Waals surface area contributed by atoms with Gasteiger partial charge in [-0.15, -0.1) is 0 Å². The summed E-state index contributed by atoms with van der Waals surface area (Å²) in [5.74, 6) is -0.0584. The third-order valence-corrected chi connectivity index (χ3v) is 5.44. The highest BCUT2D eigenvalue weighted by molar-refractivity contribution is 7.88. The van der Waals surface area contributed by atoms with Crippen LogP contribution in [0, 0.1) is 0 Å². The molecular formula is C18H23NO3S. The normalized spacial score (nSPS) is 13.2. The Morgan fingerprint density at radius 2 is 1.48 bits per heavy atom. The number of hydrogen-bond donors (Lipinski definition) is 1. The summed E-state index contributed by atoms with van der Waals surface area (Å²) in [4.78, 5) is 0. The van der Waals surface area contributed by atoms with Crippen molar-refractivity contribution in [3.8, 4) is 0 Å². The maximum atomic E-state index is 12.8. The Bertz CT molecular complexity index is 687. The zero-order valence-corrected chi connectivity index (χ0v) is 14.1. The fourth-order valence-electron chi connectivity index (χ4n) is 2.30. The molecule has 124 valence electrons. The lowest BCUT2D eigenvalue weighted by molar-refractivity contribution is 0.140. The van der Waals surface area contributed by atoms with Crippen LogP contribution in [0.15, 0.2) is 60.7 Å². The predicted molar refractivity (Wildman–Crippen MR) is 92.2 cm³/mol. The molecule has 0 amide bonds.